The number of hydrogen-bond acceptors (Lipinski definition) is 5. The van der Waals surface area contributed by atoms with Crippen LogP contribution in [0, 0.1) is 18.7 Å². The molecule has 4 atom stereocenters. The van der Waals surface area contributed by atoms with Crippen molar-refractivity contribution in [3.05, 3.63) is 29.3 Å². The molecule has 9 heteroatoms. The van der Waals surface area contributed by atoms with Gasteiger partial charge in [-0.25, -0.2) is 9.37 Å². The second kappa shape index (κ2) is 7.59. The van der Waals surface area contributed by atoms with E-state index in [1.54, 1.807) is 6.92 Å². The summed E-state index contributed by atoms with van der Waals surface area (Å²) in [5.41, 5.74) is 0.153. The lowest BCUT2D eigenvalue weighted by Gasteiger charge is -2.29. The van der Waals surface area contributed by atoms with Gasteiger partial charge < -0.3 is 20.6 Å². The van der Waals surface area contributed by atoms with Gasteiger partial charge in [0.25, 0.3) is 5.91 Å². The first-order valence-corrected chi connectivity index (χ1v) is 8.95. The van der Waals surface area contributed by atoms with Crippen molar-refractivity contribution in [1.29, 1.82) is 0 Å². The fourth-order valence-corrected chi connectivity index (χ4v) is 3.62. The highest BCUT2D eigenvalue weighted by molar-refractivity contribution is 5.93. The van der Waals surface area contributed by atoms with Crippen molar-refractivity contribution in [2.75, 3.05) is 13.1 Å². The van der Waals surface area contributed by atoms with Gasteiger partial charge in [0.1, 0.15) is 0 Å². The van der Waals surface area contributed by atoms with Gasteiger partial charge in [0.05, 0.1) is 12.1 Å². The van der Waals surface area contributed by atoms with Crippen LogP contribution in [0.25, 0.3) is 0 Å². The Bertz CT molecular complexity index is 772. The quantitative estimate of drug-likeness (QED) is 0.671. The summed E-state index contributed by atoms with van der Waals surface area (Å²) in [5.74, 6) is -2.31. The third kappa shape index (κ3) is 4.24. The number of halogens is 1. The lowest BCUT2D eigenvalue weighted by atomic mass is 9.91. The predicted octanol–water partition coefficient (Wildman–Crippen LogP) is -0.255. The molecule has 8 nitrogen and oxygen atoms in total. The van der Waals surface area contributed by atoms with E-state index in [1.807, 2.05) is 6.92 Å². The topological polar surface area (TPSA) is 112 Å². The lowest BCUT2D eigenvalue weighted by molar-refractivity contribution is -0.140. The number of rotatable bonds is 3. The number of piperidine rings is 1. The first kappa shape index (κ1) is 19.2. The van der Waals surface area contributed by atoms with Crippen molar-refractivity contribution in [2.24, 2.45) is 5.92 Å². The molecule has 1 aromatic heterocycles. The maximum absolute atomic E-state index is 13.8. The summed E-state index contributed by atoms with van der Waals surface area (Å²) in [6.45, 7) is 3.64. The number of aliphatic hydroxyl groups is 1. The van der Waals surface area contributed by atoms with Crippen LogP contribution < -0.4 is 10.6 Å². The second-order valence-electron chi connectivity index (χ2n) is 7.28. The Morgan fingerprint density at radius 1 is 1.37 bits per heavy atom. The summed E-state index contributed by atoms with van der Waals surface area (Å²) in [6, 6.07) is 1.81. The van der Waals surface area contributed by atoms with Crippen molar-refractivity contribution >= 4 is 17.7 Å². The zero-order chi connectivity index (χ0) is 19.7. The standard InChI is InChI=1S/C18H23FN4O4/c1-9-3-4-12(19)16(21-9)17(26)22-13-7-23(8-14(13)24)18(27)11-5-10(2)20-15(25)6-11/h3-4,10-11,13-14,24H,5-8H2,1-2H3,(H,20,25)(H,22,26)/t10-,11+,13-,14-/m1/s1. The van der Waals surface area contributed by atoms with E-state index in [0.717, 1.165) is 6.07 Å². The normalized spacial score (nSPS) is 28.0. The maximum atomic E-state index is 13.8. The third-order valence-electron chi connectivity index (χ3n) is 4.94. The molecular weight excluding hydrogens is 355 g/mol. The van der Waals surface area contributed by atoms with Gasteiger partial charge in [0.15, 0.2) is 11.5 Å². The van der Waals surface area contributed by atoms with Gasteiger partial charge in [-0.15, -0.1) is 0 Å². The highest BCUT2D eigenvalue weighted by Gasteiger charge is 2.39. The lowest BCUT2D eigenvalue weighted by Crippen LogP contribution is -2.47. The highest BCUT2D eigenvalue weighted by atomic mass is 19.1. The second-order valence-corrected chi connectivity index (χ2v) is 7.28. The van der Waals surface area contributed by atoms with E-state index in [9.17, 15) is 23.9 Å². The molecule has 0 unspecified atom stereocenters. The van der Waals surface area contributed by atoms with Gasteiger partial charge in [0.2, 0.25) is 11.8 Å². The van der Waals surface area contributed by atoms with Crippen LogP contribution >= 0.6 is 0 Å². The summed E-state index contributed by atoms with van der Waals surface area (Å²) >= 11 is 0. The minimum atomic E-state index is -0.972. The molecule has 0 radical (unpaired) electrons. The zero-order valence-electron chi connectivity index (χ0n) is 15.2. The fraction of sp³-hybridized carbons (Fsp3) is 0.556. The Morgan fingerprint density at radius 2 is 2.11 bits per heavy atom. The van der Waals surface area contributed by atoms with Gasteiger partial charge in [-0.2, -0.15) is 0 Å². The van der Waals surface area contributed by atoms with Crippen LogP contribution in [0.2, 0.25) is 0 Å². The zero-order valence-corrected chi connectivity index (χ0v) is 15.2. The maximum Gasteiger partial charge on any atom is 0.273 e. The number of pyridine rings is 1. The minimum absolute atomic E-state index is 0.0556. The Labute approximate surface area is 156 Å². The number of amides is 3. The van der Waals surface area contributed by atoms with E-state index >= 15 is 0 Å². The van der Waals surface area contributed by atoms with Crippen LogP contribution in [0.3, 0.4) is 0 Å². The Kier molecular flexibility index (Phi) is 5.41. The highest BCUT2D eigenvalue weighted by Crippen LogP contribution is 2.22. The van der Waals surface area contributed by atoms with Crippen LogP contribution in [-0.4, -0.2) is 64.0 Å². The van der Waals surface area contributed by atoms with E-state index in [2.05, 4.69) is 15.6 Å². The number of nitrogens with zero attached hydrogens (tertiary/aromatic N) is 2. The van der Waals surface area contributed by atoms with E-state index in [1.165, 1.54) is 11.0 Å². The van der Waals surface area contributed by atoms with Crippen LogP contribution in [0.15, 0.2) is 12.1 Å². The van der Waals surface area contributed by atoms with Gasteiger partial charge in [-0.1, -0.05) is 0 Å². The van der Waals surface area contributed by atoms with Gasteiger partial charge in [-0.3, -0.25) is 14.4 Å². The number of aliphatic hydroxyl groups excluding tert-OH is 1. The average molecular weight is 378 g/mol. The van der Waals surface area contributed by atoms with Gasteiger partial charge in [-0.05, 0) is 32.4 Å². The molecule has 1 aromatic rings. The number of β-amino-alcohol motifs (C(OH)–C–C–N with tert-alkyl or cyclic N) is 1. The first-order valence-electron chi connectivity index (χ1n) is 8.95. The number of carbonyl (C=O) groups is 3. The van der Waals surface area contributed by atoms with Crippen LogP contribution in [-0.2, 0) is 9.59 Å². The van der Waals surface area contributed by atoms with Crippen LogP contribution in [0.4, 0.5) is 4.39 Å². The van der Waals surface area contributed by atoms with E-state index < -0.39 is 29.8 Å². The summed E-state index contributed by atoms with van der Waals surface area (Å²) in [5, 5.41) is 15.5. The first-order chi connectivity index (χ1) is 12.7. The predicted molar refractivity (Wildman–Crippen MR) is 93.1 cm³/mol. The molecule has 0 aliphatic carbocycles. The molecular formula is C18H23FN4O4. The number of nitrogens with one attached hydrogen (secondary N) is 2. The van der Waals surface area contributed by atoms with Crippen LogP contribution in [0.5, 0.6) is 0 Å². The minimum Gasteiger partial charge on any atom is -0.389 e. The summed E-state index contributed by atoms with van der Waals surface area (Å²) in [6.07, 6.45) is -0.321. The van der Waals surface area contributed by atoms with E-state index in [4.69, 9.17) is 0 Å². The van der Waals surface area contributed by atoms with Crippen molar-refractivity contribution in [3.8, 4) is 0 Å². The molecule has 146 valence electrons. The van der Waals surface area contributed by atoms with E-state index in [0.29, 0.717) is 12.1 Å². The average Bonchev–Trinajstić information content (AvgIpc) is 2.96. The molecule has 0 bridgehead atoms. The SMILES string of the molecule is Cc1ccc(F)c(C(=O)N[C@@H]2CN(C(=O)[C@@H]3CC(=O)N[C@H](C)C3)C[C@H]2O)n1. The number of aromatic nitrogens is 1. The number of hydrogen-bond donors (Lipinski definition) is 3. The fourth-order valence-electron chi connectivity index (χ4n) is 3.62. The van der Waals surface area contributed by atoms with Crippen molar-refractivity contribution in [2.45, 2.75) is 44.9 Å². The van der Waals surface area contributed by atoms with Crippen molar-refractivity contribution < 1.29 is 23.9 Å². The molecule has 2 fully saturated rings. The van der Waals surface area contributed by atoms with Gasteiger partial charge >= 0.3 is 0 Å². The molecule has 3 amide bonds. The van der Waals surface area contributed by atoms with Crippen molar-refractivity contribution in [3.63, 3.8) is 0 Å². The van der Waals surface area contributed by atoms with Crippen LogP contribution in [0.1, 0.15) is 35.9 Å². The molecule has 2 aliphatic rings. The van der Waals surface area contributed by atoms with Gasteiger partial charge in [0, 0.05) is 37.2 Å². The summed E-state index contributed by atoms with van der Waals surface area (Å²) in [4.78, 5) is 42.0. The summed E-state index contributed by atoms with van der Waals surface area (Å²) in [7, 11) is 0. The molecule has 0 spiro atoms. The smallest absolute Gasteiger partial charge is 0.273 e. The Balaban J connectivity index is 1.64. The largest absolute Gasteiger partial charge is 0.389 e. The Morgan fingerprint density at radius 3 is 2.81 bits per heavy atom. The number of likely N-dealkylation sites (tertiary alicyclic amines) is 1. The number of carbonyl (C=O) groups excluding carboxylic acids is 3. The molecule has 27 heavy (non-hydrogen) atoms. The molecule has 3 N–H and O–H groups in total. The molecule has 3 rings (SSSR count). The molecule has 2 saturated heterocycles. The summed E-state index contributed by atoms with van der Waals surface area (Å²) < 4.78 is 13.8. The molecule has 2 aliphatic heterocycles. The number of aryl methyl sites for hydroxylation is 1. The van der Waals surface area contributed by atoms with E-state index in [-0.39, 0.29) is 43.1 Å². The van der Waals surface area contributed by atoms with Crippen molar-refractivity contribution in [1.82, 2.24) is 20.5 Å². The molecule has 0 saturated carbocycles. The third-order valence-corrected chi connectivity index (χ3v) is 4.94. The monoisotopic (exact) mass is 378 g/mol. The molecule has 0 aromatic carbocycles. The molecule has 3 heterocycles. The Hall–Kier alpha value is -2.55.